The van der Waals surface area contributed by atoms with Crippen molar-refractivity contribution in [2.24, 2.45) is 0 Å². The van der Waals surface area contributed by atoms with Crippen LogP contribution in [0.3, 0.4) is 0 Å². The minimum absolute atomic E-state index is 0.263. The summed E-state index contributed by atoms with van der Waals surface area (Å²) in [6.07, 6.45) is 3.72. The third-order valence-corrected chi connectivity index (χ3v) is 6.00. The zero-order chi connectivity index (χ0) is 18.7. The summed E-state index contributed by atoms with van der Waals surface area (Å²) in [6, 6.07) is 18.7. The zero-order valence-electron chi connectivity index (χ0n) is 15.6. The Bertz CT molecular complexity index is 775. The number of rotatable bonds is 5. The van der Waals surface area contributed by atoms with Gasteiger partial charge < -0.3 is 19.8 Å². The van der Waals surface area contributed by atoms with Crippen LogP contribution in [0.5, 0.6) is 0 Å². The second-order valence-corrected chi connectivity index (χ2v) is 7.81. The number of nitrogens with zero attached hydrogens (tertiary/aromatic N) is 2. The minimum atomic E-state index is -0.410. The molecule has 0 bridgehead atoms. The van der Waals surface area contributed by atoms with Gasteiger partial charge in [0.15, 0.2) is 0 Å². The first kappa shape index (κ1) is 18.2. The number of benzene rings is 2. The standard InChI is InChI=1S/C21H26N4OS/c1-27-23-18-9-7-17(8-10-18)15-24-16-25(19-5-3-2-4-6-19)21(20(24)26)11-13-22-14-12-21/h2-10,22-23H,11-16H2,1H3. The lowest BCUT2D eigenvalue weighted by Crippen LogP contribution is -2.55. The summed E-state index contributed by atoms with van der Waals surface area (Å²) in [6.45, 7) is 3.07. The number of anilines is 2. The third-order valence-electron chi connectivity index (χ3n) is 5.56. The van der Waals surface area contributed by atoms with Crippen LogP contribution in [0.1, 0.15) is 18.4 Å². The average Bonchev–Trinajstić information content (AvgIpc) is 2.97. The lowest BCUT2D eigenvalue weighted by atomic mass is 9.86. The Morgan fingerprint density at radius 3 is 2.44 bits per heavy atom. The largest absolute Gasteiger partial charge is 0.339 e. The fourth-order valence-corrected chi connectivity index (χ4v) is 4.55. The van der Waals surface area contributed by atoms with Gasteiger partial charge in [0.2, 0.25) is 5.91 Å². The van der Waals surface area contributed by atoms with Crippen LogP contribution in [0, 0.1) is 0 Å². The second kappa shape index (κ2) is 7.82. The van der Waals surface area contributed by atoms with Crippen molar-refractivity contribution in [1.29, 1.82) is 0 Å². The molecule has 0 aliphatic carbocycles. The van der Waals surface area contributed by atoms with Gasteiger partial charge in [-0.1, -0.05) is 42.3 Å². The molecule has 5 nitrogen and oxygen atoms in total. The van der Waals surface area contributed by atoms with Crippen LogP contribution in [0.4, 0.5) is 11.4 Å². The zero-order valence-corrected chi connectivity index (χ0v) is 16.5. The van der Waals surface area contributed by atoms with E-state index < -0.39 is 5.54 Å². The molecule has 2 aromatic rings. The van der Waals surface area contributed by atoms with Gasteiger partial charge >= 0.3 is 0 Å². The maximum Gasteiger partial charge on any atom is 0.250 e. The maximum absolute atomic E-state index is 13.5. The van der Waals surface area contributed by atoms with E-state index in [0.717, 1.165) is 42.9 Å². The van der Waals surface area contributed by atoms with E-state index in [0.29, 0.717) is 13.2 Å². The topological polar surface area (TPSA) is 47.6 Å². The molecule has 1 spiro atoms. The van der Waals surface area contributed by atoms with Crippen LogP contribution in [-0.2, 0) is 11.3 Å². The summed E-state index contributed by atoms with van der Waals surface area (Å²) < 4.78 is 3.23. The highest BCUT2D eigenvalue weighted by atomic mass is 32.2. The molecule has 142 valence electrons. The van der Waals surface area contributed by atoms with Gasteiger partial charge in [0, 0.05) is 24.2 Å². The first-order valence-corrected chi connectivity index (χ1v) is 10.7. The van der Waals surface area contributed by atoms with E-state index >= 15 is 0 Å². The molecule has 4 rings (SSSR count). The SMILES string of the molecule is CSNc1ccc(CN2CN(c3ccccc3)C3(CCNCC3)C2=O)cc1. The summed E-state index contributed by atoms with van der Waals surface area (Å²) >= 11 is 1.58. The van der Waals surface area contributed by atoms with E-state index in [1.54, 1.807) is 11.9 Å². The lowest BCUT2D eigenvalue weighted by Gasteiger charge is -2.40. The monoisotopic (exact) mass is 382 g/mol. The summed E-state index contributed by atoms with van der Waals surface area (Å²) in [5, 5.41) is 3.40. The molecule has 2 fully saturated rings. The molecule has 0 atom stereocenters. The summed E-state index contributed by atoms with van der Waals surface area (Å²) in [7, 11) is 0. The molecule has 0 unspecified atom stereocenters. The lowest BCUT2D eigenvalue weighted by molar-refractivity contribution is -0.133. The highest BCUT2D eigenvalue weighted by Gasteiger charge is 2.52. The Hall–Kier alpha value is -2.18. The molecule has 6 heteroatoms. The molecule has 0 aromatic heterocycles. The number of piperidine rings is 1. The Morgan fingerprint density at radius 1 is 1.07 bits per heavy atom. The predicted octanol–water partition coefficient (Wildman–Crippen LogP) is 3.31. The van der Waals surface area contributed by atoms with E-state index in [1.807, 2.05) is 17.2 Å². The van der Waals surface area contributed by atoms with E-state index in [9.17, 15) is 4.79 Å². The first-order valence-electron chi connectivity index (χ1n) is 9.44. The van der Waals surface area contributed by atoms with Crippen LogP contribution in [0.25, 0.3) is 0 Å². The molecule has 2 N–H and O–H groups in total. The summed E-state index contributed by atoms with van der Waals surface area (Å²) in [5.41, 5.74) is 2.97. The fourth-order valence-electron chi connectivity index (χ4n) is 4.18. The molecule has 2 aromatic carbocycles. The number of hydrogen-bond acceptors (Lipinski definition) is 5. The summed E-state index contributed by atoms with van der Waals surface area (Å²) in [4.78, 5) is 17.8. The number of carbonyl (C=O) groups excluding carboxylic acids is 1. The normalized spacial score (nSPS) is 18.9. The van der Waals surface area contributed by atoms with Crippen molar-refractivity contribution < 1.29 is 4.79 Å². The highest BCUT2D eigenvalue weighted by molar-refractivity contribution is 7.99. The number of hydrogen-bond donors (Lipinski definition) is 2. The molecule has 2 saturated heterocycles. The maximum atomic E-state index is 13.5. The number of nitrogens with one attached hydrogen (secondary N) is 2. The van der Waals surface area contributed by atoms with Crippen molar-refractivity contribution in [1.82, 2.24) is 10.2 Å². The Balaban J connectivity index is 1.58. The van der Waals surface area contributed by atoms with Gasteiger partial charge in [0.05, 0.1) is 6.67 Å². The Morgan fingerprint density at radius 2 is 1.78 bits per heavy atom. The molecule has 27 heavy (non-hydrogen) atoms. The van der Waals surface area contributed by atoms with Gasteiger partial charge in [-0.15, -0.1) is 0 Å². The van der Waals surface area contributed by atoms with Crippen molar-refractivity contribution >= 4 is 29.2 Å². The molecular formula is C21H26N4OS. The molecule has 2 aliphatic heterocycles. The van der Waals surface area contributed by atoms with E-state index in [4.69, 9.17) is 0 Å². The van der Waals surface area contributed by atoms with Crippen LogP contribution < -0.4 is 14.9 Å². The second-order valence-electron chi connectivity index (χ2n) is 7.19. The van der Waals surface area contributed by atoms with Crippen molar-refractivity contribution in [3.63, 3.8) is 0 Å². The Kier molecular flexibility index (Phi) is 5.27. The van der Waals surface area contributed by atoms with Crippen molar-refractivity contribution in [2.45, 2.75) is 24.9 Å². The third kappa shape index (κ3) is 3.51. The quantitative estimate of drug-likeness (QED) is 0.777. The van der Waals surface area contributed by atoms with Crippen LogP contribution in [0.15, 0.2) is 54.6 Å². The molecule has 2 heterocycles. The van der Waals surface area contributed by atoms with E-state index in [-0.39, 0.29) is 5.91 Å². The minimum Gasteiger partial charge on any atom is -0.339 e. The van der Waals surface area contributed by atoms with E-state index in [2.05, 4.69) is 63.5 Å². The summed E-state index contributed by atoms with van der Waals surface area (Å²) in [5.74, 6) is 0.263. The van der Waals surface area contributed by atoms with Gasteiger partial charge in [-0.2, -0.15) is 0 Å². The molecular weight excluding hydrogens is 356 g/mol. The Labute approximate surface area is 165 Å². The highest BCUT2D eigenvalue weighted by Crippen LogP contribution is 2.38. The predicted molar refractivity (Wildman–Crippen MR) is 113 cm³/mol. The van der Waals surface area contributed by atoms with Gasteiger partial charge in [-0.3, -0.25) is 4.79 Å². The molecule has 0 saturated carbocycles. The van der Waals surface area contributed by atoms with Gasteiger partial charge in [0.1, 0.15) is 5.54 Å². The first-order chi connectivity index (χ1) is 13.2. The number of para-hydroxylation sites is 1. The van der Waals surface area contributed by atoms with Gasteiger partial charge in [-0.05, 0) is 55.8 Å². The van der Waals surface area contributed by atoms with E-state index in [1.165, 1.54) is 0 Å². The van der Waals surface area contributed by atoms with Crippen molar-refractivity contribution in [3.05, 3.63) is 60.2 Å². The van der Waals surface area contributed by atoms with Crippen LogP contribution in [-0.4, -0.2) is 42.4 Å². The van der Waals surface area contributed by atoms with Gasteiger partial charge in [-0.25, -0.2) is 0 Å². The van der Waals surface area contributed by atoms with Crippen molar-refractivity contribution in [3.8, 4) is 0 Å². The molecule has 1 amide bonds. The average molecular weight is 383 g/mol. The van der Waals surface area contributed by atoms with Crippen molar-refractivity contribution in [2.75, 3.05) is 35.6 Å². The molecule has 2 aliphatic rings. The smallest absolute Gasteiger partial charge is 0.250 e. The number of amides is 1. The molecule has 0 radical (unpaired) electrons. The van der Waals surface area contributed by atoms with Crippen LogP contribution >= 0.6 is 11.9 Å². The van der Waals surface area contributed by atoms with Crippen LogP contribution in [0.2, 0.25) is 0 Å². The number of carbonyl (C=O) groups is 1. The fraction of sp³-hybridized carbons (Fsp3) is 0.381. The van der Waals surface area contributed by atoms with Gasteiger partial charge in [0.25, 0.3) is 0 Å².